The average molecular weight is 296 g/mol. The van der Waals surface area contributed by atoms with Crippen LogP contribution in [0.1, 0.15) is 10.4 Å². The Kier molecular flexibility index (Phi) is 3.99. The van der Waals surface area contributed by atoms with Gasteiger partial charge in [-0.15, -0.1) is 11.3 Å². The lowest BCUT2D eigenvalue weighted by Crippen LogP contribution is -2.26. The number of sulfonamides is 1. The quantitative estimate of drug-likeness (QED) is 0.895. The lowest BCUT2D eigenvalue weighted by atomic mass is 10.4. The van der Waals surface area contributed by atoms with Crippen molar-refractivity contribution >= 4 is 21.4 Å². The lowest BCUT2D eigenvalue weighted by Gasteiger charge is -2.04. The highest BCUT2D eigenvalue weighted by molar-refractivity contribution is 7.91. The molecule has 19 heavy (non-hydrogen) atoms. The second kappa shape index (κ2) is 5.52. The van der Waals surface area contributed by atoms with Gasteiger partial charge < -0.3 is 0 Å². The molecule has 0 aliphatic rings. The smallest absolute Gasteiger partial charge is 0.250 e. The third kappa shape index (κ3) is 3.41. The van der Waals surface area contributed by atoms with Crippen molar-refractivity contribution in [2.24, 2.45) is 0 Å². The van der Waals surface area contributed by atoms with Crippen LogP contribution in [0.15, 0.2) is 28.7 Å². The zero-order chi connectivity index (χ0) is 13.9. The van der Waals surface area contributed by atoms with Gasteiger partial charge in [0.2, 0.25) is 10.0 Å². The highest BCUT2D eigenvalue weighted by atomic mass is 32.2. The first kappa shape index (κ1) is 13.7. The maximum Gasteiger partial charge on any atom is 0.250 e. The number of rotatable bonds is 5. The van der Waals surface area contributed by atoms with Gasteiger partial charge in [0.25, 0.3) is 0 Å². The fourth-order valence-corrected chi connectivity index (χ4v) is 3.65. The largest absolute Gasteiger partial charge is 0.271 e. The predicted octanol–water partition coefficient (Wildman–Crippen LogP) is 1.10. The second-order valence-electron chi connectivity index (χ2n) is 3.91. The first-order chi connectivity index (χ1) is 9.01. The van der Waals surface area contributed by atoms with Crippen LogP contribution >= 0.6 is 11.3 Å². The summed E-state index contributed by atoms with van der Waals surface area (Å²) in [5.41, 5.74) is 1.03. The molecule has 0 radical (unpaired) electrons. The summed E-state index contributed by atoms with van der Waals surface area (Å²) in [7, 11) is -3.54. The van der Waals surface area contributed by atoms with Crippen molar-refractivity contribution < 1.29 is 8.42 Å². The van der Waals surface area contributed by atoms with Gasteiger partial charge in [0.1, 0.15) is 15.2 Å². The summed E-state index contributed by atoms with van der Waals surface area (Å²) in [6, 6.07) is 4.85. The van der Waals surface area contributed by atoms with Crippen LogP contribution < -0.4 is 4.72 Å². The minimum absolute atomic E-state index is 0.153. The molecule has 0 bridgehead atoms. The summed E-state index contributed by atoms with van der Waals surface area (Å²) < 4.78 is 28.1. The maximum absolute atomic E-state index is 11.9. The van der Waals surface area contributed by atoms with Crippen LogP contribution in [-0.4, -0.2) is 24.7 Å². The number of aryl methyl sites for hydroxylation is 1. The van der Waals surface area contributed by atoms with Gasteiger partial charge in [0.15, 0.2) is 0 Å². The van der Waals surface area contributed by atoms with Gasteiger partial charge >= 0.3 is 0 Å². The van der Waals surface area contributed by atoms with Crippen molar-refractivity contribution in [3.05, 3.63) is 35.0 Å². The first-order valence-corrected chi connectivity index (χ1v) is 7.80. The van der Waals surface area contributed by atoms with Crippen LogP contribution in [0, 0.1) is 18.3 Å². The molecule has 6 nitrogen and oxygen atoms in total. The Morgan fingerprint density at radius 2 is 2.32 bits per heavy atom. The zero-order valence-electron chi connectivity index (χ0n) is 10.2. The molecule has 0 spiro atoms. The molecular formula is C11H12N4O2S2. The average Bonchev–Trinajstić information content (AvgIpc) is 2.98. The Morgan fingerprint density at radius 3 is 2.89 bits per heavy atom. The van der Waals surface area contributed by atoms with Crippen LogP contribution in [0.25, 0.3) is 0 Å². The van der Waals surface area contributed by atoms with Crippen LogP contribution in [0.3, 0.4) is 0 Å². The topological polar surface area (TPSA) is 87.8 Å². The molecule has 0 aliphatic carbocycles. The van der Waals surface area contributed by atoms with E-state index in [2.05, 4.69) is 9.82 Å². The lowest BCUT2D eigenvalue weighted by molar-refractivity contribution is 0.562. The molecule has 0 saturated heterocycles. The molecule has 0 unspecified atom stereocenters. The van der Waals surface area contributed by atoms with Gasteiger partial charge in [-0.25, -0.2) is 13.1 Å². The summed E-state index contributed by atoms with van der Waals surface area (Å²) in [5, 5.41) is 12.7. The van der Waals surface area contributed by atoms with Crippen LogP contribution in [0.5, 0.6) is 0 Å². The standard InChI is InChI=1S/C11H12N4O2S2/c1-9-7-13-15(8-9)5-4-14-19(16,17)11-3-2-10(6-12)18-11/h2-3,7-8,14H,4-5H2,1H3. The van der Waals surface area contributed by atoms with E-state index in [9.17, 15) is 8.42 Å². The Hall–Kier alpha value is -1.69. The molecule has 8 heteroatoms. The number of aromatic nitrogens is 2. The van der Waals surface area contributed by atoms with Crippen LogP contribution in [0.4, 0.5) is 0 Å². The molecule has 0 saturated carbocycles. The van der Waals surface area contributed by atoms with Gasteiger partial charge in [-0.1, -0.05) is 0 Å². The summed E-state index contributed by atoms with van der Waals surface area (Å²) >= 11 is 0.956. The van der Waals surface area contributed by atoms with Crippen molar-refractivity contribution in [2.75, 3.05) is 6.54 Å². The predicted molar refractivity (Wildman–Crippen MR) is 71.2 cm³/mol. The first-order valence-electron chi connectivity index (χ1n) is 5.50. The van der Waals surface area contributed by atoms with E-state index in [0.29, 0.717) is 11.4 Å². The fraction of sp³-hybridized carbons (Fsp3) is 0.273. The van der Waals surface area contributed by atoms with E-state index < -0.39 is 10.0 Å². The Bertz CT molecular complexity index is 709. The van der Waals surface area contributed by atoms with Crippen molar-refractivity contribution in [1.29, 1.82) is 5.26 Å². The normalized spacial score (nSPS) is 11.4. The van der Waals surface area contributed by atoms with E-state index in [1.165, 1.54) is 12.1 Å². The van der Waals surface area contributed by atoms with E-state index in [-0.39, 0.29) is 10.8 Å². The molecule has 2 rings (SSSR count). The molecule has 0 amide bonds. The van der Waals surface area contributed by atoms with Gasteiger partial charge in [0, 0.05) is 12.7 Å². The summed E-state index contributed by atoms with van der Waals surface area (Å²) in [5.74, 6) is 0. The van der Waals surface area contributed by atoms with Crippen molar-refractivity contribution in [2.45, 2.75) is 17.7 Å². The molecule has 1 N–H and O–H groups in total. The molecule has 2 heterocycles. The number of hydrogen-bond acceptors (Lipinski definition) is 5. The van der Waals surface area contributed by atoms with Crippen LogP contribution in [-0.2, 0) is 16.6 Å². The minimum Gasteiger partial charge on any atom is -0.271 e. The molecular weight excluding hydrogens is 284 g/mol. The number of thiophene rings is 1. The highest BCUT2D eigenvalue weighted by Crippen LogP contribution is 2.20. The van der Waals surface area contributed by atoms with Gasteiger partial charge in [0.05, 0.1) is 12.7 Å². The Balaban J connectivity index is 1.96. The molecule has 100 valence electrons. The third-order valence-electron chi connectivity index (χ3n) is 2.35. The summed E-state index contributed by atoms with van der Waals surface area (Å²) in [4.78, 5) is 0.378. The van der Waals surface area contributed by atoms with Gasteiger partial charge in [-0.2, -0.15) is 10.4 Å². The second-order valence-corrected chi connectivity index (χ2v) is 6.99. The number of hydrogen-bond donors (Lipinski definition) is 1. The monoisotopic (exact) mass is 296 g/mol. The Morgan fingerprint density at radius 1 is 1.53 bits per heavy atom. The summed E-state index contributed by atoms with van der Waals surface area (Å²) in [6.45, 7) is 2.63. The molecule has 0 aromatic carbocycles. The molecule has 2 aromatic heterocycles. The van der Waals surface area contributed by atoms with E-state index in [0.717, 1.165) is 16.9 Å². The number of nitrogens with zero attached hydrogens (tertiary/aromatic N) is 3. The SMILES string of the molecule is Cc1cnn(CCNS(=O)(=O)c2ccc(C#N)s2)c1. The zero-order valence-corrected chi connectivity index (χ0v) is 11.8. The molecule has 0 atom stereocenters. The van der Waals surface area contributed by atoms with E-state index >= 15 is 0 Å². The van der Waals surface area contributed by atoms with Crippen LogP contribution in [0.2, 0.25) is 0 Å². The fourth-order valence-electron chi connectivity index (χ4n) is 1.48. The summed E-state index contributed by atoms with van der Waals surface area (Å²) in [6.07, 6.45) is 3.56. The number of nitrogens with one attached hydrogen (secondary N) is 1. The van der Waals surface area contributed by atoms with E-state index in [1.807, 2.05) is 19.2 Å². The molecule has 0 aliphatic heterocycles. The van der Waals surface area contributed by atoms with E-state index in [4.69, 9.17) is 5.26 Å². The van der Waals surface area contributed by atoms with Gasteiger partial charge in [-0.3, -0.25) is 4.68 Å². The van der Waals surface area contributed by atoms with Crippen molar-refractivity contribution in [1.82, 2.24) is 14.5 Å². The third-order valence-corrected chi connectivity index (χ3v) is 5.29. The highest BCUT2D eigenvalue weighted by Gasteiger charge is 2.16. The Labute approximate surface area is 115 Å². The molecule has 2 aromatic rings. The van der Waals surface area contributed by atoms with Crippen molar-refractivity contribution in [3.8, 4) is 6.07 Å². The minimum atomic E-state index is -3.54. The van der Waals surface area contributed by atoms with E-state index in [1.54, 1.807) is 10.9 Å². The van der Waals surface area contributed by atoms with Crippen molar-refractivity contribution in [3.63, 3.8) is 0 Å². The maximum atomic E-state index is 11.9. The number of nitriles is 1. The molecule has 0 fully saturated rings. The van der Waals surface area contributed by atoms with Gasteiger partial charge in [-0.05, 0) is 24.6 Å².